The summed E-state index contributed by atoms with van der Waals surface area (Å²) in [4.78, 5) is 24.0. The summed E-state index contributed by atoms with van der Waals surface area (Å²) in [7, 11) is 4.01. The van der Waals surface area contributed by atoms with Gasteiger partial charge in [-0.25, -0.2) is 9.37 Å². The summed E-state index contributed by atoms with van der Waals surface area (Å²) in [6.45, 7) is 1.44. The lowest BCUT2D eigenvalue weighted by molar-refractivity contribution is 0.379. The molecule has 2 heterocycles. The van der Waals surface area contributed by atoms with Crippen LogP contribution >= 0.6 is 11.8 Å². The van der Waals surface area contributed by atoms with Gasteiger partial charge in [-0.1, -0.05) is 17.8 Å². The first kappa shape index (κ1) is 20.5. The second kappa shape index (κ2) is 9.80. The summed E-state index contributed by atoms with van der Waals surface area (Å²) < 4.78 is 15.3. The van der Waals surface area contributed by atoms with Crippen LogP contribution in [0.25, 0.3) is 10.9 Å². The largest absolute Gasteiger partial charge is 0.309 e. The van der Waals surface area contributed by atoms with Gasteiger partial charge in [-0.3, -0.25) is 14.3 Å². The minimum atomic E-state index is -0.415. The molecule has 7 heteroatoms. The smallest absolute Gasteiger partial charge is 0.262 e. The Bertz CT molecular complexity index is 975. The molecule has 0 N–H and O–H groups in total. The predicted molar refractivity (Wildman–Crippen MR) is 112 cm³/mol. The van der Waals surface area contributed by atoms with Crippen LogP contribution in [-0.2, 0) is 13.0 Å². The molecule has 0 saturated carbocycles. The first-order valence-corrected chi connectivity index (χ1v) is 10.4. The zero-order valence-corrected chi connectivity index (χ0v) is 17.1. The molecule has 5 nitrogen and oxygen atoms in total. The van der Waals surface area contributed by atoms with Gasteiger partial charge in [0.1, 0.15) is 5.82 Å². The number of pyridine rings is 1. The van der Waals surface area contributed by atoms with Crippen LogP contribution in [0.15, 0.2) is 52.5 Å². The summed E-state index contributed by atoms with van der Waals surface area (Å²) in [6, 6.07) is 10.1. The van der Waals surface area contributed by atoms with Crippen LogP contribution in [0, 0.1) is 5.82 Å². The summed E-state index contributed by atoms with van der Waals surface area (Å²) in [6.07, 6.45) is 4.46. The summed E-state index contributed by atoms with van der Waals surface area (Å²) in [5, 5.41) is 1.03. The van der Waals surface area contributed by atoms with Gasteiger partial charge in [-0.2, -0.15) is 0 Å². The molecule has 0 bridgehead atoms. The highest BCUT2D eigenvalue weighted by Crippen LogP contribution is 2.20. The number of benzene rings is 1. The average molecular weight is 401 g/mol. The van der Waals surface area contributed by atoms with Crippen molar-refractivity contribution in [1.29, 1.82) is 0 Å². The fourth-order valence-corrected chi connectivity index (χ4v) is 3.95. The number of thioether (sulfide) groups is 1. The van der Waals surface area contributed by atoms with E-state index in [0.717, 1.165) is 37.3 Å². The van der Waals surface area contributed by atoms with Crippen molar-refractivity contribution in [2.45, 2.75) is 31.0 Å². The zero-order chi connectivity index (χ0) is 19.9. The minimum Gasteiger partial charge on any atom is -0.309 e. The van der Waals surface area contributed by atoms with E-state index in [9.17, 15) is 9.18 Å². The van der Waals surface area contributed by atoms with E-state index in [1.807, 2.05) is 32.3 Å². The maximum absolute atomic E-state index is 13.6. The molecule has 2 aromatic heterocycles. The van der Waals surface area contributed by atoms with Gasteiger partial charge in [0.25, 0.3) is 5.56 Å². The predicted octanol–water partition coefficient (Wildman–Crippen LogP) is 3.61. The van der Waals surface area contributed by atoms with Crippen LogP contribution < -0.4 is 5.56 Å². The van der Waals surface area contributed by atoms with Crippen LogP contribution in [0.2, 0.25) is 0 Å². The van der Waals surface area contributed by atoms with Crippen LogP contribution in [0.4, 0.5) is 4.39 Å². The highest BCUT2D eigenvalue weighted by Gasteiger charge is 2.12. The number of hydrogen-bond donors (Lipinski definition) is 0. The molecule has 0 atom stereocenters. The van der Waals surface area contributed by atoms with Crippen molar-refractivity contribution in [3.05, 3.63) is 64.5 Å². The Morgan fingerprint density at radius 2 is 2.04 bits per heavy atom. The molecule has 0 fully saturated rings. The molecule has 148 valence electrons. The van der Waals surface area contributed by atoms with E-state index in [1.54, 1.807) is 28.6 Å². The number of aryl methyl sites for hydroxylation is 1. The maximum atomic E-state index is 13.6. The Labute approximate surface area is 168 Å². The Balaban J connectivity index is 1.77. The molecule has 0 aliphatic heterocycles. The molecular weight excluding hydrogens is 375 g/mol. The van der Waals surface area contributed by atoms with Gasteiger partial charge in [0.2, 0.25) is 0 Å². The lowest BCUT2D eigenvalue weighted by Crippen LogP contribution is -2.25. The minimum absolute atomic E-state index is 0.171. The summed E-state index contributed by atoms with van der Waals surface area (Å²) in [5.74, 6) is 0.422. The van der Waals surface area contributed by atoms with E-state index in [0.29, 0.717) is 22.6 Å². The maximum Gasteiger partial charge on any atom is 0.262 e. The normalized spacial score (nSPS) is 11.4. The first-order valence-electron chi connectivity index (χ1n) is 9.42. The number of nitrogens with zero attached hydrogens (tertiary/aromatic N) is 4. The number of rotatable bonds is 9. The molecular formula is C21H25FN4OS. The Morgan fingerprint density at radius 3 is 2.79 bits per heavy atom. The highest BCUT2D eigenvalue weighted by atomic mass is 32.2. The molecule has 3 aromatic rings. The van der Waals surface area contributed by atoms with Crippen molar-refractivity contribution in [3.8, 4) is 0 Å². The van der Waals surface area contributed by atoms with Crippen molar-refractivity contribution in [2.75, 3.05) is 26.4 Å². The third-order valence-electron chi connectivity index (χ3n) is 4.40. The van der Waals surface area contributed by atoms with Crippen LogP contribution in [0.1, 0.15) is 18.5 Å². The lowest BCUT2D eigenvalue weighted by Gasteiger charge is -2.15. The van der Waals surface area contributed by atoms with Crippen LogP contribution in [0.3, 0.4) is 0 Å². The second-order valence-electron chi connectivity index (χ2n) is 6.94. The topological polar surface area (TPSA) is 51.0 Å². The van der Waals surface area contributed by atoms with Crippen LogP contribution in [-0.4, -0.2) is 45.8 Å². The van der Waals surface area contributed by atoms with E-state index in [1.165, 1.54) is 12.1 Å². The Kier molecular flexibility index (Phi) is 7.17. The highest BCUT2D eigenvalue weighted by molar-refractivity contribution is 7.99. The van der Waals surface area contributed by atoms with E-state index >= 15 is 0 Å². The molecule has 0 spiro atoms. The van der Waals surface area contributed by atoms with E-state index < -0.39 is 5.82 Å². The number of halogens is 1. The molecule has 1 aromatic carbocycles. The zero-order valence-electron chi connectivity index (χ0n) is 16.3. The molecule has 0 saturated heterocycles. The van der Waals surface area contributed by atoms with Gasteiger partial charge in [0.15, 0.2) is 5.16 Å². The number of hydrogen-bond acceptors (Lipinski definition) is 5. The SMILES string of the molecule is CN(C)CCCn1c(SCCCc2ccccn2)nc2ccc(F)cc2c1=O. The van der Waals surface area contributed by atoms with Crippen molar-refractivity contribution in [3.63, 3.8) is 0 Å². The molecule has 0 aliphatic carbocycles. The van der Waals surface area contributed by atoms with Gasteiger partial charge < -0.3 is 4.90 Å². The van der Waals surface area contributed by atoms with E-state index in [2.05, 4.69) is 14.9 Å². The van der Waals surface area contributed by atoms with E-state index in [-0.39, 0.29) is 5.56 Å². The molecule has 0 aliphatic rings. The third-order valence-corrected chi connectivity index (χ3v) is 5.47. The molecule has 0 unspecified atom stereocenters. The molecule has 28 heavy (non-hydrogen) atoms. The third kappa shape index (κ3) is 5.39. The number of aromatic nitrogens is 3. The molecule has 0 radical (unpaired) electrons. The molecule has 3 rings (SSSR count). The van der Waals surface area contributed by atoms with Gasteiger partial charge in [0, 0.05) is 24.2 Å². The van der Waals surface area contributed by atoms with Gasteiger partial charge >= 0.3 is 0 Å². The standard InChI is InChI=1S/C21H25FN4OS/c1-25(2)12-6-13-26-20(27)18-15-16(22)9-10-19(18)24-21(26)28-14-5-8-17-7-3-4-11-23-17/h3-4,7,9-11,15H,5-6,8,12-14H2,1-2H3. The van der Waals surface area contributed by atoms with Crippen molar-refractivity contribution >= 4 is 22.7 Å². The van der Waals surface area contributed by atoms with Gasteiger partial charge in [0.05, 0.1) is 10.9 Å². The summed E-state index contributed by atoms with van der Waals surface area (Å²) in [5.41, 5.74) is 1.44. The summed E-state index contributed by atoms with van der Waals surface area (Å²) >= 11 is 1.58. The fourth-order valence-electron chi connectivity index (χ4n) is 2.99. The Hall–Kier alpha value is -2.25. The Morgan fingerprint density at radius 1 is 1.18 bits per heavy atom. The monoisotopic (exact) mass is 400 g/mol. The van der Waals surface area contributed by atoms with Gasteiger partial charge in [-0.05, 0) is 70.2 Å². The lowest BCUT2D eigenvalue weighted by atomic mass is 10.2. The first-order chi connectivity index (χ1) is 13.5. The van der Waals surface area contributed by atoms with Crippen molar-refractivity contribution in [2.24, 2.45) is 0 Å². The van der Waals surface area contributed by atoms with Crippen LogP contribution in [0.5, 0.6) is 0 Å². The average Bonchev–Trinajstić information content (AvgIpc) is 2.68. The quantitative estimate of drug-likeness (QED) is 0.312. The second-order valence-corrected chi connectivity index (χ2v) is 8.00. The van der Waals surface area contributed by atoms with Crippen molar-refractivity contribution < 1.29 is 4.39 Å². The number of fused-ring (bicyclic) bond motifs is 1. The van der Waals surface area contributed by atoms with Gasteiger partial charge in [-0.15, -0.1) is 0 Å². The van der Waals surface area contributed by atoms with E-state index in [4.69, 9.17) is 0 Å². The fraction of sp³-hybridized carbons (Fsp3) is 0.381. The van der Waals surface area contributed by atoms with Crippen molar-refractivity contribution in [1.82, 2.24) is 19.4 Å². The molecule has 0 amide bonds.